The van der Waals surface area contributed by atoms with Crippen molar-refractivity contribution in [3.05, 3.63) is 48.2 Å². The van der Waals surface area contributed by atoms with E-state index in [4.69, 9.17) is 5.11 Å². The van der Waals surface area contributed by atoms with Crippen molar-refractivity contribution in [3.63, 3.8) is 0 Å². The Morgan fingerprint density at radius 1 is 1.29 bits per heavy atom. The highest BCUT2D eigenvalue weighted by Crippen LogP contribution is 2.24. The summed E-state index contributed by atoms with van der Waals surface area (Å²) in [7, 11) is 0. The summed E-state index contributed by atoms with van der Waals surface area (Å²) in [5.74, 6) is -0.179. The summed E-state index contributed by atoms with van der Waals surface area (Å²) in [6, 6.07) is 10.6. The van der Waals surface area contributed by atoms with E-state index in [1.165, 1.54) is 0 Å². The molecule has 5 heteroatoms. The number of fused-ring (bicyclic) bond motifs is 1. The SMILES string of the molecule is CCCn1c(-c2cccc(C(=O)O)c2)nc2cccnc21. The molecule has 0 amide bonds. The van der Waals surface area contributed by atoms with E-state index in [1.807, 2.05) is 22.8 Å². The number of benzene rings is 1. The van der Waals surface area contributed by atoms with Gasteiger partial charge in [-0.25, -0.2) is 14.8 Å². The van der Waals surface area contributed by atoms with Crippen molar-refractivity contribution in [2.75, 3.05) is 0 Å². The third kappa shape index (κ3) is 2.38. The van der Waals surface area contributed by atoms with Gasteiger partial charge in [-0.1, -0.05) is 19.1 Å². The fourth-order valence-corrected chi connectivity index (χ4v) is 2.41. The number of carboxylic acid groups (broad SMARTS) is 1. The van der Waals surface area contributed by atoms with Gasteiger partial charge in [0.25, 0.3) is 0 Å². The number of imidazole rings is 1. The minimum atomic E-state index is -0.937. The Morgan fingerprint density at radius 3 is 2.90 bits per heavy atom. The Hall–Kier alpha value is -2.69. The zero-order valence-corrected chi connectivity index (χ0v) is 11.7. The van der Waals surface area contributed by atoms with Crippen molar-refractivity contribution in [1.29, 1.82) is 0 Å². The van der Waals surface area contributed by atoms with Crippen molar-refractivity contribution in [3.8, 4) is 11.4 Å². The monoisotopic (exact) mass is 281 g/mol. The molecule has 2 heterocycles. The van der Waals surface area contributed by atoms with Gasteiger partial charge in [0.05, 0.1) is 5.56 Å². The highest BCUT2D eigenvalue weighted by molar-refractivity contribution is 5.89. The van der Waals surface area contributed by atoms with Gasteiger partial charge in [0.2, 0.25) is 0 Å². The van der Waals surface area contributed by atoms with E-state index in [0.29, 0.717) is 0 Å². The second-order valence-electron chi connectivity index (χ2n) is 4.82. The topological polar surface area (TPSA) is 68.0 Å². The summed E-state index contributed by atoms with van der Waals surface area (Å²) in [5, 5.41) is 9.13. The number of hydrogen-bond donors (Lipinski definition) is 1. The van der Waals surface area contributed by atoms with Crippen LogP contribution < -0.4 is 0 Å². The molecule has 1 N–H and O–H groups in total. The Labute approximate surface area is 121 Å². The van der Waals surface area contributed by atoms with Crippen LogP contribution >= 0.6 is 0 Å². The molecular formula is C16H15N3O2. The van der Waals surface area contributed by atoms with Crippen LogP contribution in [0.4, 0.5) is 0 Å². The number of carbonyl (C=O) groups is 1. The molecule has 0 saturated heterocycles. The standard InChI is InChI=1S/C16H15N3O2/c1-2-9-19-14(18-13-7-4-8-17-15(13)19)11-5-3-6-12(10-11)16(20)21/h3-8,10H,2,9H2,1H3,(H,20,21). The molecule has 0 aliphatic carbocycles. The van der Waals surface area contributed by atoms with Crippen LogP contribution in [-0.2, 0) is 6.54 Å². The highest BCUT2D eigenvalue weighted by atomic mass is 16.4. The van der Waals surface area contributed by atoms with Gasteiger partial charge in [-0.3, -0.25) is 0 Å². The van der Waals surface area contributed by atoms with Crippen LogP contribution in [0.1, 0.15) is 23.7 Å². The van der Waals surface area contributed by atoms with E-state index >= 15 is 0 Å². The summed E-state index contributed by atoms with van der Waals surface area (Å²) in [6.45, 7) is 2.88. The molecule has 0 bridgehead atoms. The summed E-state index contributed by atoms with van der Waals surface area (Å²) < 4.78 is 2.04. The van der Waals surface area contributed by atoms with Gasteiger partial charge in [-0.2, -0.15) is 0 Å². The smallest absolute Gasteiger partial charge is 0.335 e. The van der Waals surface area contributed by atoms with Crippen molar-refractivity contribution in [1.82, 2.24) is 14.5 Å². The summed E-state index contributed by atoms with van der Waals surface area (Å²) in [6.07, 6.45) is 2.70. The highest BCUT2D eigenvalue weighted by Gasteiger charge is 2.14. The minimum absolute atomic E-state index is 0.260. The molecule has 21 heavy (non-hydrogen) atoms. The van der Waals surface area contributed by atoms with E-state index in [9.17, 15) is 4.79 Å². The van der Waals surface area contributed by atoms with Gasteiger partial charge >= 0.3 is 5.97 Å². The first kappa shape index (κ1) is 13.3. The van der Waals surface area contributed by atoms with Crippen LogP contribution in [0.5, 0.6) is 0 Å². The molecule has 3 rings (SSSR count). The molecule has 1 aromatic carbocycles. The van der Waals surface area contributed by atoms with Crippen molar-refractivity contribution < 1.29 is 9.90 Å². The summed E-state index contributed by atoms with van der Waals surface area (Å²) >= 11 is 0. The lowest BCUT2D eigenvalue weighted by molar-refractivity contribution is 0.0697. The maximum Gasteiger partial charge on any atom is 0.335 e. The summed E-state index contributed by atoms with van der Waals surface area (Å²) in [4.78, 5) is 20.1. The molecule has 0 fully saturated rings. The van der Waals surface area contributed by atoms with Crippen LogP contribution in [0.2, 0.25) is 0 Å². The minimum Gasteiger partial charge on any atom is -0.478 e. The largest absolute Gasteiger partial charge is 0.478 e. The van der Waals surface area contributed by atoms with Gasteiger partial charge in [-0.15, -0.1) is 0 Å². The maximum absolute atomic E-state index is 11.1. The Balaban J connectivity index is 2.21. The molecule has 0 radical (unpaired) electrons. The Bertz CT molecular complexity index is 808. The third-order valence-electron chi connectivity index (χ3n) is 3.32. The molecule has 0 unspecified atom stereocenters. The fourth-order valence-electron chi connectivity index (χ4n) is 2.41. The Morgan fingerprint density at radius 2 is 2.14 bits per heavy atom. The van der Waals surface area contributed by atoms with Gasteiger partial charge in [-0.05, 0) is 30.7 Å². The summed E-state index contributed by atoms with van der Waals surface area (Å²) in [5.41, 5.74) is 2.70. The average molecular weight is 281 g/mol. The predicted molar refractivity (Wildman–Crippen MR) is 80.2 cm³/mol. The molecule has 0 spiro atoms. The number of pyridine rings is 1. The predicted octanol–water partition coefficient (Wildman–Crippen LogP) is 3.21. The number of nitrogens with zero attached hydrogens (tertiary/aromatic N) is 3. The second kappa shape index (κ2) is 5.36. The molecule has 0 saturated carbocycles. The van der Waals surface area contributed by atoms with E-state index in [0.717, 1.165) is 35.5 Å². The first-order chi connectivity index (χ1) is 10.2. The molecule has 0 atom stereocenters. The van der Waals surface area contributed by atoms with Crippen LogP contribution in [0.3, 0.4) is 0 Å². The van der Waals surface area contributed by atoms with Crippen molar-refractivity contribution in [2.24, 2.45) is 0 Å². The van der Waals surface area contributed by atoms with Gasteiger partial charge in [0.1, 0.15) is 11.3 Å². The van der Waals surface area contributed by atoms with Gasteiger partial charge in [0, 0.05) is 18.3 Å². The van der Waals surface area contributed by atoms with Crippen molar-refractivity contribution >= 4 is 17.1 Å². The molecule has 0 aliphatic heterocycles. The quantitative estimate of drug-likeness (QED) is 0.797. The number of hydrogen-bond acceptors (Lipinski definition) is 3. The van der Waals surface area contributed by atoms with E-state index in [1.54, 1.807) is 24.4 Å². The normalized spacial score (nSPS) is 10.9. The van der Waals surface area contributed by atoms with Crippen molar-refractivity contribution in [2.45, 2.75) is 19.9 Å². The first-order valence-electron chi connectivity index (χ1n) is 6.85. The zero-order chi connectivity index (χ0) is 14.8. The third-order valence-corrected chi connectivity index (χ3v) is 3.32. The first-order valence-corrected chi connectivity index (χ1v) is 6.85. The number of aryl methyl sites for hydroxylation is 1. The van der Waals surface area contributed by atoms with Crippen LogP contribution in [0.15, 0.2) is 42.6 Å². The molecule has 106 valence electrons. The van der Waals surface area contributed by atoms with E-state index < -0.39 is 5.97 Å². The Kier molecular flexibility index (Phi) is 3.39. The number of aromatic carboxylic acids is 1. The van der Waals surface area contributed by atoms with E-state index in [-0.39, 0.29) is 5.56 Å². The molecule has 5 nitrogen and oxygen atoms in total. The van der Waals surface area contributed by atoms with Crippen LogP contribution in [-0.4, -0.2) is 25.6 Å². The van der Waals surface area contributed by atoms with Crippen LogP contribution in [0, 0.1) is 0 Å². The van der Waals surface area contributed by atoms with E-state index in [2.05, 4.69) is 16.9 Å². The second-order valence-corrected chi connectivity index (χ2v) is 4.82. The van der Waals surface area contributed by atoms with Gasteiger partial charge in [0.15, 0.2) is 5.65 Å². The fraction of sp³-hybridized carbons (Fsp3) is 0.188. The lowest BCUT2D eigenvalue weighted by atomic mass is 10.1. The molecule has 2 aromatic heterocycles. The molecular weight excluding hydrogens is 266 g/mol. The zero-order valence-electron chi connectivity index (χ0n) is 11.7. The number of rotatable bonds is 4. The number of aromatic nitrogens is 3. The lowest BCUT2D eigenvalue weighted by Crippen LogP contribution is -2.02. The maximum atomic E-state index is 11.1. The number of carboxylic acids is 1. The molecule has 3 aromatic rings. The van der Waals surface area contributed by atoms with Crippen LogP contribution in [0.25, 0.3) is 22.6 Å². The van der Waals surface area contributed by atoms with Gasteiger partial charge < -0.3 is 9.67 Å². The average Bonchev–Trinajstić information content (AvgIpc) is 2.87. The molecule has 0 aliphatic rings. The lowest BCUT2D eigenvalue weighted by Gasteiger charge is -2.07.